The quantitative estimate of drug-likeness (QED) is 0.182. The molecule has 0 spiro atoms. The highest BCUT2D eigenvalue weighted by atomic mass is 15.2. The molecule has 0 aliphatic carbocycles. The van der Waals surface area contributed by atoms with Crippen LogP contribution in [-0.4, -0.2) is 25.1 Å². The van der Waals surface area contributed by atoms with E-state index < -0.39 is 0 Å². The van der Waals surface area contributed by atoms with Gasteiger partial charge < -0.3 is 4.40 Å². The molecule has 12 rings (SSSR count). The summed E-state index contributed by atoms with van der Waals surface area (Å²) in [4.78, 5) is 5.34. The minimum atomic E-state index is 0.0183. The van der Waals surface area contributed by atoms with Crippen molar-refractivity contribution in [2.75, 3.05) is 0 Å². The first kappa shape index (κ1) is 24.8. The Labute approximate surface area is 275 Å². The zero-order valence-corrected chi connectivity index (χ0v) is 25.8. The van der Waals surface area contributed by atoms with Gasteiger partial charge in [0.25, 0.3) is 0 Å². The van der Waals surface area contributed by atoms with E-state index >= 15 is 0 Å². The van der Waals surface area contributed by atoms with Crippen molar-refractivity contribution in [2.45, 2.75) is 0 Å². The van der Waals surface area contributed by atoms with E-state index in [4.69, 9.17) is 4.98 Å². The molecule has 0 saturated carbocycles. The van der Waals surface area contributed by atoms with Crippen LogP contribution in [0.3, 0.4) is 0 Å². The predicted octanol–water partition coefficient (Wildman–Crippen LogP) is 8.08. The maximum atomic E-state index is 5.34. The maximum absolute atomic E-state index is 5.34. The van der Waals surface area contributed by atoms with Crippen molar-refractivity contribution in [3.05, 3.63) is 152 Å². The fourth-order valence-electron chi connectivity index (χ4n) is 9.03. The van der Waals surface area contributed by atoms with E-state index in [9.17, 15) is 0 Å². The van der Waals surface area contributed by atoms with E-state index in [2.05, 4.69) is 165 Å². The van der Waals surface area contributed by atoms with E-state index in [1.54, 1.807) is 0 Å². The monoisotopic (exact) mass is 608 g/mol. The molecule has 5 heteroatoms. The summed E-state index contributed by atoms with van der Waals surface area (Å²) in [6.45, 7) is 0.0183. The molecule has 0 bridgehead atoms. The van der Waals surface area contributed by atoms with Crippen LogP contribution in [0.2, 0.25) is 0 Å². The topological polar surface area (TPSA) is 26.6 Å². The molecule has 11 aromatic rings. The van der Waals surface area contributed by atoms with Gasteiger partial charge in [-0.3, -0.25) is 8.97 Å². The summed E-state index contributed by atoms with van der Waals surface area (Å²) >= 11 is 0. The summed E-state index contributed by atoms with van der Waals surface area (Å²) < 4.78 is 7.39. The molecule has 0 amide bonds. The summed E-state index contributed by atoms with van der Waals surface area (Å²) in [6.07, 6.45) is 0. The van der Waals surface area contributed by atoms with Crippen molar-refractivity contribution in [1.29, 1.82) is 0 Å². The summed E-state index contributed by atoms with van der Waals surface area (Å²) in [5.74, 6) is 0.955. The van der Waals surface area contributed by atoms with Crippen molar-refractivity contribution in [3.8, 4) is 16.8 Å². The van der Waals surface area contributed by atoms with Gasteiger partial charge in [-0.15, -0.1) is 0 Å². The zero-order chi connectivity index (χ0) is 31.1. The molecule has 48 heavy (non-hydrogen) atoms. The highest BCUT2D eigenvalue weighted by molar-refractivity contribution is 6.98. The number of fused-ring (bicyclic) bond motifs is 14. The molecular formula is C43H25BN4. The van der Waals surface area contributed by atoms with Gasteiger partial charge in [0.05, 0.1) is 38.6 Å². The minimum Gasteiger partial charge on any atom is -0.308 e. The standard InChI is InChI=1S/C43H25BN4/c1-2-13-26(14-3-1)27-15-4-6-19-31(27)44-32-20-7-10-23-36(32)47-41-33(44)25-38-39(42(41)48-37-24-11-8-21-34(37)45-43(47)48)30-18-12-17-29-28-16-5-9-22-35(28)46(38)40(29)30/h1-25H. The van der Waals surface area contributed by atoms with Crippen LogP contribution >= 0.6 is 0 Å². The Hall–Kier alpha value is -6.33. The zero-order valence-electron chi connectivity index (χ0n) is 25.8. The van der Waals surface area contributed by atoms with E-state index in [-0.39, 0.29) is 6.71 Å². The van der Waals surface area contributed by atoms with Gasteiger partial charge >= 0.3 is 0 Å². The second-order valence-electron chi connectivity index (χ2n) is 13.1. The molecule has 220 valence electrons. The van der Waals surface area contributed by atoms with E-state index in [0.29, 0.717) is 0 Å². The Bertz CT molecular complexity index is 3130. The molecule has 1 aliphatic rings. The molecule has 1 aliphatic heterocycles. The fraction of sp³-hybridized carbons (Fsp3) is 0. The third-order valence-corrected chi connectivity index (χ3v) is 10.8. The normalized spacial score (nSPS) is 13.0. The number of rotatable bonds is 2. The maximum Gasteiger partial charge on any atom is 0.247 e. The van der Waals surface area contributed by atoms with E-state index in [0.717, 1.165) is 16.8 Å². The van der Waals surface area contributed by atoms with Gasteiger partial charge in [0.15, 0.2) is 0 Å². The van der Waals surface area contributed by atoms with Crippen molar-refractivity contribution in [3.63, 3.8) is 0 Å². The van der Waals surface area contributed by atoms with Crippen molar-refractivity contribution >= 4 is 89.0 Å². The highest BCUT2D eigenvalue weighted by Crippen LogP contribution is 2.43. The van der Waals surface area contributed by atoms with Gasteiger partial charge in [-0.2, -0.15) is 0 Å². The Morgan fingerprint density at radius 2 is 1.17 bits per heavy atom. The molecule has 4 nitrogen and oxygen atoms in total. The second-order valence-corrected chi connectivity index (χ2v) is 13.1. The summed E-state index contributed by atoms with van der Waals surface area (Å²) in [5.41, 5.74) is 16.0. The van der Waals surface area contributed by atoms with E-state index in [1.807, 2.05) is 0 Å². The van der Waals surface area contributed by atoms with Crippen molar-refractivity contribution < 1.29 is 0 Å². The van der Waals surface area contributed by atoms with Crippen LogP contribution in [0, 0.1) is 0 Å². The molecule has 0 atom stereocenters. The molecule has 0 saturated heterocycles. The highest BCUT2D eigenvalue weighted by Gasteiger charge is 2.37. The lowest BCUT2D eigenvalue weighted by Crippen LogP contribution is -2.56. The summed E-state index contributed by atoms with van der Waals surface area (Å²) in [5, 5.41) is 5.15. The number of hydrogen-bond donors (Lipinski definition) is 0. The third kappa shape index (κ3) is 2.87. The van der Waals surface area contributed by atoms with Gasteiger partial charge in [0.2, 0.25) is 12.5 Å². The Morgan fingerprint density at radius 1 is 0.458 bits per heavy atom. The SMILES string of the molecule is c1ccc(-c2ccccc2B2c3ccccc3-n3c4c2cc2c(c5cccc6c7ccccc7n2c65)c4n2c4ccccc4nc32)cc1. The average molecular weight is 609 g/mol. The fourth-order valence-corrected chi connectivity index (χ4v) is 9.03. The van der Waals surface area contributed by atoms with Crippen LogP contribution in [0.4, 0.5) is 0 Å². The van der Waals surface area contributed by atoms with Gasteiger partial charge in [-0.25, -0.2) is 4.98 Å². The molecule has 5 heterocycles. The lowest BCUT2D eigenvalue weighted by atomic mass is 9.34. The van der Waals surface area contributed by atoms with Crippen molar-refractivity contribution in [1.82, 2.24) is 18.4 Å². The van der Waals surface area contributed by atoms with Gasteiger partial charge in [0, 0.05) is 27.2 Å². The number of benzene rings is 7. The predicted molar refractivity (Wildman–Crippen MR) is 201 cm³/mol. The Kier molecular flexibility index (Phi) is 4.52. The third-order valence-electron chi connectivity index (χ3n) is 10.8. The second kappa shape index (κ2) is 8.72. The molecular weight excluding hydrogens is 583 g/mol. The largest absolute Gasteiger partial charge is 0.308 e. The molecule has 0 unspecified atom stereocenters. The average Bonchev–Trinajstić information content (AvgIpc) is 3.88. The Morgan fingerprint density at radius 3 is 2.08 bits per heavy atom. The van der Waals surface area contributed by atoms with Gasteiger partial charge in [0.1, 0.15) is 0 Å². The van der Waals surface area contributed by atoms with Crippen molar-refractivity contribution in [2.24, 2.45) is 0 Å². The summed E-state index contributed by atoms with van der Waals surface area (Å²) in [6, 6.07) is 55.5. The number of imidazole rings is 2. The molecule has 4 aromatic heterocycles. The lowest BCUT2D eigenvalue weighted by Gasteiger charge is -2.27. The molecule has 0 N–H and O–H groups in total. The van der Waals surface area contributed by atoms with E-state index in [1.165, 1.54) is 82.3 Å². The molecule has 0 radical (unpaired) electrons. The lowest BCUT2D eigenvalue weighted by molar-refractivity contribution is 1.12. The first-order valence-corrected chi connectivity index (χ1v) is 16.6. The van der Waals surface area contributed by atoms with Crippen LogP contribution in [0.15, 0.2) is 152 Å². The summed E-state index contributed by atoms with van der Waals surface area (Å²) in [7, 11) is 0. The van der Waals surface area contributed by atoms with Crippen LogP contribution in [0.1, 0.15) is 0 Å². The first-order valence-electron chi connectivity index (χ1n) is 16.6. The molecule has 0 fully saturated rings. The Balaban J connectivity index is 1.36. The van der Waals surface area contributed by atoms with Crippen LogP contribution in [0.5, 0.6) is 0 Å². The van der Waals surface area contributed by atoms with Gasteiger partial charge in [-0.05, 0) is 52.4 Å². The number of nitrogens with zero attached hydrogens (tertiary/aromatic N) is 4. The number of para-hydroxylation sites is 5. The minimum absolute atomic E-state index is 0.0183. The number of hydrogen-bond acceptors (Lipinski definition) is 1. The number of aromatic nitrogens is 4. The molecule has 7 aromatic carbocycles. The van der Waals surface area contributed by atoms with Crippen LogP contribution in [0.25, 0.3) is 82.8 Å². The van der Waals surface area contributed by atoms with Crippen LogP contribution < -0.4 is 16.4 Å². The smallest absolute Gasteiger partial charge is 0.247 e. The first-order chi connectivity index (χ1) is 23.9. The van der Waals surface area contributed by atoms with Crippen LogP contribution in [-0.2, 0) is 0 Å². The van der Waals surface area contributed by atoms with Gasteiger partial charge in [-0.1, -0.05) is 127 Å².